The molecule has 14 heteroatoms. The minimum absolute atomic E-state index is 0.114. The van der Waals surface area contributed by atoms with Gasteiger partial charge in [-0.2, -0.15) is 0 Å². The van der Waals surface area contributed by atoms with Gasteiger partial charge in [0.2, 0.25) is 12.3 Å². The Bertz CT molecular complexity index is 582. The Labute approximate surface area is 158 Å². The van der Waals surface area contributed by atoms with E-state index in [4.69, 9.17) is 40.6 Å². The second-order valence-electron chi connectivity index (χ2n) is 5.96. The van der Waals surface area contributed by atoms with Crippen molar-refractivity contribution in [3.63, 3.8) is 0 Å². The number of aliphatic hydroxyl groups is 6. The van der Waals surface area contributed by atoms with Crippen LogP contribution in [-0.4, -0.2) is 96.9 Å². The fourth-order valence-electron chi connectivity index (χ4n) is 2.40. The van der Waals surface area contributed by atoms with Crippen molar-refractivity contribution in [2.75, 3.05) is 13.7 Å². The van der Waals surface area contributed by atoms with E-state index in [9.17, 15) is 9.59 Å². The molecule has 1 heterocycles. The maximum Gasteiger partial charge on any atom is 0.325 e. The quantitative estimate of drug-likeness (QED) is 0.0346. The number of carbonyl (C=O) groups excluding carboxylic acids is 2. The molecule has 1 fully saturated rings. The van der Waals surface area contributed by atoms with Crippen molar-refractivity contribution in [2.24, 2.45) is 11.1 Å². The van der Waals surface area contributed by atoms with Crippen LogP contribution >= 0.6 is 0 Å². The number of nitrogens with zero attached hydrogens (tertiary/aromatic N) is 2. The summed E-state index contributed by atoms with van der Waals surface area (Å²) < 4.78 is 10.2. The molecule has 8 N–H and O–H groups in total. The van der Waals surface area contributed by atoms with Crippen LogP contribution in [0.5, 0.6) is 0 Å². The summed E-state index contributed by atoms with van der Waals surface area (Å²) in [5, 5.41) is 67.5. The second-order valence-corrected chi connectivity index (χ2v) is 5.96. The van der Waals surface area contributed by atoms with Gasteiger partial charge in [-0.05, 0) is 12.8 Å². The predicted molar refractivity (Wildman–Crippen MR) is 86.4 cm³/mol. The second kappa shape index (κ2) is 9.74. The van der Waals surface area contributed by atoms with Gasteiger partial charge in [0.15, 0.2) is 5.84 Å². The Kier molecular flexibility index (Phi) is 8.25. The summed E-state index contributed by atoms with van der Waals surface area (Å²) in [4.78, 5) is 23.6. The average Bonchev–Trinajstić information content (AvgIpc) is 3.03. The Balaban J connectivity index is 2.58. The molecule has 160 valence electrons. The molecule has 1 saturated heterocycles. The minimum atomic E-state index is -3.94. The molecule has 0 radical (unpaired) electrons. The van der Waals surface area contributed by atoms with Crippen LogP contribution in [0.2, 0.25) is 0 Å². The molecule has 1 amide bonds. The number of esters is 1. The molecule has 0 bridgehead atoms. The van der Waals surface area contributed by atoms with E-state index in [1.165, 1.54) is 12.3 Å². The lowest BCUT2D eigenvalue weighted by Gasteiger charge is -2.30. The van der Waals surface area contributed by atoms with Crippen LogP contribution < -0.4 is 5.32 Å². The molecule has 1 aliphatic rings. The summed E-state index contributed by atoms with van der Waals surface area (Å²) in [7, 11) is 1.62. The third-order valence-corrected chi connectivity index (χ3v) is 3.74. The van der Waals surface area contributed by atoms with Crippen LogP contribution in [0.25, 0.3) is 0 Å². The molecule has 14 nitrogen and oxygen atoms in total. The molecule has 28 heavy (non-hydrogen) atoms. The molecule has 2 atom stereocenters. The molecule has 0 saturated carbocycles. The van der Waals surface area contributed by atoms with Gasteiger partial charge in [-0.25, -0.2) is 0 Å². The minimum Gasteiger partial charge on any atom is -0.462 e. The summed E-state index contributed by atoms with van der Waals surface area (Å²) in [5.41, 5.74) is 0. The summed E-state index contributed by atoms with van der Waals surface area (Å²) in [6, 6.07) is 0. The largest absolute Gasteiger partial charge is 0.462 e. The van der Waals surface area contributed by atoms with Crippen LogP contribution in [0.1, 0.15) is 12.8 Å². The monoisotopic (exact) mass is 409 g/mol. The first-order valence-corrected chi connectivity index (χ1v) is 7.88. The highest BCUT2D eigenvalue weighted by molar-refractivity contribution is 5.98. The van der Waals surface area contributed by atoms with Gasteiger partial charge in [0.1, 0.15) is 12.8 Å². The van der Waals surface area contributed by atoms with Gasteiger partial charge in [-0.1, -0.05) is 5.16 Å². The summed E-state index contributed by atoms with van der Waals surface area (Å²) in [5.74, 6) is -12.6. The fourth-order valence-corrected chi connectivity index (χ4v) is 2.40. The molecule has 0 spiro atoms. The lowest BCUT2D eigenvalue weighted by molar-refractivity contribution is -0.430. The van der Waals surface area contributed by atoms with Gasteiger partial charge >= 0.3 is 5.97 Å². The molecule has 0 aliphatic carbocycles. The number of amidine groups is 1. The van der Waals surface area contributed by atoms with E-state index in [1.54, 1.807) is 11.9 Å². The normalized spacial score (nSPS) is 21.2. The number of hydrogen-bond donors (Lipinski definition) is 8. The van der Waals surface area contributed by atoms with Crippen molar-refractivity contribution in [1.82, 2.24) is 10.2 Å². The lowest BCUT2D eigenvalue weighted by Crippen LogP contribution is -2.56. The molecule has 0 aromatic rings. The number of rotatable bonds is 9. The Morgan fingerprint density at radius 1 is 1.29 bits per heavy atom. The Morgan fingerprint density at radius 2 is 1.89 bits per heavy atom. The zero-order chi connectivity index (χ0) is 21.5. The first-order chi connectivity index (χ1) is 12.9. The molecule has 1 aliphatic heterocycles. The van der Waals surface area contributed by atoms with E-state index in [0.717, 1.165) is 0 Å². The number of nitrogens with one attached hydrogen (secondary N) is 1. The molecule has 2 unspecified atom stereocenters. The average molecular weight is 409 g/mol. The zero-order valence-corrected chi connectivity index (χ0v) is 14.7. The zero-order valence-electron chi connectivity index (χ0n) is 14.7. The number of ether oxygens (including phenoxy) is 2. The van der Waals surface area contributed by atoms with Crippen LogP contribution in [-0.2, 0) is 19.1 Å². The maximum absolute atomic E-state index is 11.7. The summed E-state index contributed by atoms with van der Waals surface area (Å²) >= 11 is 0. The van der Waals surface area contributed by atoms with Crippen LogP contribution in [0, 0.1) is 5.92 Å². The number of amides is 1. The third kappa shape index (κ3) is 7.01. The van der Waals surface area contributed by atoms with E-state index in [-0.39, 0.29) is 5.84 Å². The van der Waals surface area contributed by atoms with E-state index in [2.05, 4.69) is 15.2 Å². The highest BCUT2D eigenvalue weighted by Crippen LogP contribution is 2.25. The Hall–Kier alpha value is -2.33. The topological polar surface area (TPSA) is 222 Å². The van der Waals surface area contributed by atoms with E-state index in [0.29, 0.717) is 19.3 Å². The van der Waals surface area contributed by atoms with Crippen LogP contribution in [0.15, 0.2) is 17.4 Å². The molecular formula is C14H23N3O11. The van der Waals surface area contributed by atoms with E-state index >= 15 is 0 Å². The highest BCUT2D eigenvalue weighted by Gasteiger charge is 2.54. The lowest BCUT2D eigenvalue weighted by atomic mass is 10.0. The fraction of sp³-hybridized carbons (Fsp3) is 0.643. The molecule has 0 aromatic heterocycles. The van der Waals surface area contributed by atoms with E-state index < -0.39 is 42.8 Å². The smallest absolute Gasteiger partial charge is 0.325 e. The maximum atomic E-state index is 11.7. The summed E-state index contributed by atoms with van der Waals surface area (Å²) in [6.07, 6.45) is 2.82. The van der Waals surface area contributed by atoms with Crippen molar-refractivity contribution in [2.45, 2.75) is 37.1 Å². The van der Waals surface area contributed by atoms with Gasteiger partial charge in [0.05, 0.1) is 6.10 Å². The molecular weight excluding hydrogens is 386 g/mol. The number of carbonyl (C=O) groups is 2. The third-order valence-electron chi connectivity index (χ3n) is 3.74. The van der Waals surface area contributed by atoms with Gasteiger partial charge in [0.25, 0.3) is 11.9 Å². The molecule has 1 rings (SSSR count). The van der Waals surface area contributed by atoms with Gasteiger partial charge in [-0.15, -0.1) is 0 Å². The van der Waals surface area contributed by atoms with Crippen LogP contribution in [0.4, 0.5) is 0 Å². The van der Waals surface area contributed by atoms with Gasteiger partial charge < -0.3 is 55.5 Å². The van der Waals surface area contributed by atoms with Gasteiger partial charge in [-0.3, -0.25) is 9.59 Å². The van der Waals surface area contributed by atoms with E-state index in [1.807, 2.05) is 0 Å². The number of hydrogen-bond acceptors (Lipinski definition) is 13. The first-order valence-electron chi connectivity index (χ1n) is 7.88. The Morgan fingerprint density at radius 3 is 2.39 bits per heavy atom. The predicted octanol–water partition coefficient (Wildman–Crippen LogP) is -4.11. The first kappa shape index (κ1) is 23.7. The van der Waals surface area contributed by atoms with Crippen molar-refractivity contribution in [3.8, 4) is 0 Å². The van der Waals surface area contributed by atoms with Crippen LogP contribution in [0.3, 0.4) is 0 Å². The highest BCUT2D eigenvalue weighted by atomic mass is 16.7. The van der Waals surface area contributed by atoms with Crippen molar-refractivity contribution >= 4 is 18.2 Å². The number of oxime groups is 1. The standard InChI is InChI=1S/C14H23N3O11/c1-17(5-4-9(16-26)15-7-18)10-3-2-8(28-10)6-27-12(19)11(13(20,21)22)14(23,24)25/h4-5,7-8,10-11,20-26H,2-3,6H2,1H3,(H,15,16,18)/b5-4-. The molecule has 0 aromatic carbocycles. The van der Waals surface area contributed by atoms with Crippen molar-refractivity contribution in [3.05, 3.63) is 12.3 Å². The van der Waals surface area contributed by atoms with Gasteiger partial charge in [0, 0.05) is 19.3 Å². The SMILES string of the molecule is CN(/C=C\C(=NO)NC=O)C1CCC(COC(=O)C(C(O)(O)O)C(O)(O)O)O1. The summed E-state index contributed by atoms with van der Waals surface area (Å²) in [6.45, 7) is -0.439. The van der Waals surface area contributed by atoms with Crippen molar-refractivity contribution < 1.29 is 54.9 Å². The van der Waals surface area contributed by atoms with Crippen molar-refractivity contribution in [1.29, 1.82) is 0 Å².